The summed E-state index contributed by atoms with van der Waals surface area (Å²) in [7, 11) is 0. The molecule has 126 valence electrons. The van der Waals surface area contributed by atoms with Gasteiger partial charge in [-0.25, -0.2) is 0 Å². The van der Waals surface area contributed by atoms with Gasteiger partial charge in [-0.05, 0) is 18.9 Å². The largest absolute Gasteiger partial charge is 0.377 e. The molecule has 0 radical (unpaired) electrons. The molecule has 0 bridgehead atoms. The maximum absolute atomic E-state index is 12.7. The van der Waals surface area contributed by atoms with Crippen LogP contribution in [-0.2, 0) is 9.53 Å². The van der Waals surface area contributed by atoms with Crippen LogP contribution in [0.25, 0.3) is 0 Å². The molecule has 7 nitrogen and oxygen atoms in total. The molecule has 1 aliphatic heterocycles. The number of amides is 2. The van der Waals surface area contributed by atoms with Gasteiger partial charge in [0.1, 0.15) is 5.69 Å². The number of carbonyl (C=O) groups excluding carboxylic acids is 2. The molecule has 1 unspecified atom stereocenters. The van der Waals surface area contributed by atoms with Gasteiger partial charge in [0.25, 0.3) is 5.91 Å². The number of nitrogens with two attached hydrogens (primary N) is 1. The number of ether oxygens (including phenoxy) is 1. The third kappa shape index (κ3) is 3.72. The molecule has 1 aromatic heterocycles. The second-order valence-electron chi connectivity index (χ2n) is 6.44. The van der Waals surface area contributed by atoms with Gasteiger partial charge in [0.2, 0.25) is 5.91 Å². The number of morpholine rings is 1. The smallest absolute Gasteiger partial charge is 0.274 e. The zero-order valence-electron chi connectivity index (χ0n) is 13.3. The second-order valence-corrected chi connectivity index (χ2v) is 6.44. The van der Waals surface area contributed by atoms with Crippen LogP contribution >= 0.6 is 0 Å². The number of nitrogens with one attached hydrogen (secondary N) is 1. The number of aromatic nitrogens is 2. The summed E-state index contributed by atoms with van der Waals surface area (Å²) in [6, 6.07) is 1.57. The zero-order chi connectivity index (χ0) is 16.2. The van der Waals surface area contributed by atoms with Gasteiger partial charge in [-0.2, -0.15) is 5.10 Å². The number of nitrogens with zero attached hydrogens (tertiary/aromatic N) is 2. The molecular formula is C16H24N4O3. The van der Waals surface area contributed by atoms with Crippen LogP contribution in [0.1, 0.15) is 60.6 Å². The molecule has 1 saturated heterocycles. The first kappa shape index (κ1) is 16.0. The van der Waals surface area contributed by atoms with Crippen molar-refractivity contribution in [3.8, 4) is 0 Å². The summed E-state index contributed by atoms with van der Waals surface area (Å²) < 4.78 is 5.37. The molecule has 2 amide bonds. The lowest BCUT2D eigenvalue weighted by Crippen LogP contribution is -2.50. The van der Waals surface area contributed by atoms with Crippen molar-refractivity contribution in [2.75, 3.05) is 19.8 Å². The van der Waals surface area contributed by atoms with Crippen molar-refractivity contribution in [3.63, 3.8) is 0 Å². The van der Waals surface area contributed by atoms with Crippen molar-refractivity contribution in [2.45, 2.75) is 50.5 Å². The number of aromatic amines is 1. The fourth-order valence-electron chi connectivity index (χ4n) is 3.54. The van der Waals surface area contributed by atoms with Crippen molar-refractivity contribution >= 4 is 11.8 Å². The van der Waals surface area contributed by atoms with Crippen molar-refractivity contribution in [3.05, 3.63) is 17.5 Å². The van der Waals surface area contributed by atoms with E-state index < -0.39 is 5.91 Å². The normalized spacial score (nSPS) is 23.0. The van der Waals surface area contributed by atoms with Crippen LogP contribution in [0.4, 0.5) is 0 Å². The molecular weight excluding hydrogens is 296 g/mol. The molecule has 7 heteroatoms. The molecule has 2 fully saturated rings. The van der Waals surface area contributed by atoms with Gasteiger partial charge < -0.3 is 15.4 Å². The van der Waals surface area contributed by atoms with E-state index in [1.54, 1.807) is 4.90 Å². The maximum atomic E-state index is 12.7. The first-order valence-corrected chi connectivity index (χ1v) is 8.37. The zero-order valence-corrected chi connectivity index (χ0v) is 13.3. The lowest BCUT2D eigenvalue weighted by Gasteiger charge is -2.34. The Morgan fingerprint density at radius 2 is 2.13 bits per heavy atom. The van der Waals surface area contributed by atoms with Crippen molar-refractivity contribution in [1.82, 2.24) is 15.1 Å². The predicted octanol–water partition coefficient (Wildman–Crippen LogP) is 1.17. The monoisotopic (exact) mass is 320 g/mol. The van der Waals surface area contributed by atoms with Crippen LogP contribution in [0.3, 0.4) is 0 Å². The number of H-pyrrole nitrogens is 1. The van der Waals surface area contributed by atoms with Gasteiger partial charge in [-0.1, -0.05) is 19.3 Å². The summed E-state index contributed by atoms with van der Waals surface area (Å²) in [6.45, 7) is 1.28. The third-order valence-corrected chi connectivity index (χ3v) is 4.79. The first-order chi connectivity index (χ1) is 11.1. The van der Waals surface area contributed by atoms with Gasteiger partial charge in [0.05, 0.1) is 19.3 Å². The Morgan fingerprint density at radius 1 is 1.35 bits per heavy atom. The lowest BCUT2D eigenvalue weighted by molar-refractivity contribution is -0.120. The summed E-state index contributed by atoms with van der Waals surface area (Å²) in [5, 5.41) is 7.24. The highest BCUT2D eigenvalue weighted by atomic mass is 16.5. The predicted molar refractivity (Wildman–Crippen MR) is 83.9 cm³/mol. The summed E-state index contributed by atoms with van der Waals surface area (Å²) in [6.07, 6.45) is 6.17. The molecule has 2 heterocycles. The fourth-order valence-corrected chi connectivity index (χ4v) is 3.54. The van der Waals surface area contributed by atoms with Gasteiger partial charge >= 0.3 is 0 Å². The van der Waals surface area contributed by atoms with Crippen LogP contribution in [0.2, 0.25) is 0 Å². The highest BCUT2D eigenvalue weighted by Crippen LogP contribution is 2.31. The molecule has 1 aromatic rings. The minimum absolute atomic E-state index is 0.117. The van der Waals surface area contributed by atoms with Crippen molar-refractivity contribution in [2.24, 2.45) is 5.73 Å². The van der Waals surface area contributed by atoms with Crippen LogP contribution in [0.5, 0.6) is 0 Å². The Bertz CT molecular complexity index is 565. The Balaban J connectivity index is 1.71. The van der Waals surface area contributed by atoms with E-state index >= 15 is 0 Å². The molecule has 1 saturated carbocycles. The van der Waals surface area contributed by atoms with Crippen molar-refractivity contribution < 1.29 is 14.3 Å². The van der Waals surface area contributed by atoms with E-state index in [1.165, 1.54) is 19.3 Å². The van der Waals surface area contributed by atoms with E-state index in [9.17, 15) is 9.59 Å². The van der Waals surface area contributed by atoms with E-state index in [4.69, 9.17) is 10.5 Å². The van der Waals surface area contributed by atoms with Crippen LogP contribution in [0.15, 0.2) is 6.07 Å². The maximum Gasteiger partial charge on any atom is 0.274 e. The number of carbonyl (C=O) groups is 2. The first-order valence-electron chi connectivity index (χ1n) is 8.37. The van der Waals surface area contributed by atoms with E-state index in [0.717, 1.165) is 18.5 Å². The number of primary amides is 1. The highest BCUT2D eigenvalue weighted by Gasteiger charge is 2.31. The highest BCUT2D eigenvalue weighted by molar-refractivity contribution is 5.93. The quantitative estimate of drug-likeness (QED) is 0.869. The average molecular weight is 320 g/mol. The van der Waals surface area contributed by atoms with E-state index in [2.05, 4.69) is 10.2 Å². The Morgan fingerprint density at radius 3 is 2.87 bits per heavy atom. The van der Waals surface area contributed by atoms with Gasteiger partial charge in [0.15, 0.2) is 0 Å². The number of hydrogen-bond acceptors (Lipinski definition) is 4. The van der Waals surface area contributed by atoms with E-state index in [0.29, 0.717) is 31.4 Å². The van der Waals surface area contributed by atoms with Crippen LogP contribution in [0, 0.1) is 0 Å². The lowest BCUT2D eigenvalue weighted by atomic mass is 9.87. The Hall–Kier alpha value is -1.89. The van der Waals surface area contributed by atoms with Gasteiger partial charge in [-0.15, -0.1) is 0 Å². The topological polar surface area (TPSA) is 101 Å². The van der Waals surface area contributed by atoms with Gasteiger partial charge in [0, 0.05) is 24.6 Å². The summed E-state index contributed by atoms with van der Waals surface area (Å²) >= 11 is 0. The minimum Gasteiger partial charge on any atom is -0.377 e. The molecule has 3 N–H and O–H groups in total. The van der Waals surface area contributed by atoms with E-state index in [1.807, 2.05) is 6.07 Å². The average Bonchev–Trinajstić information content (AvgIpc) is 3.05. The molecule has 0 spiro atoms. The summed E-state index contributed by atoms with van der Waals surface area (Å²) in [5.41, 5.74) is 6.74. The SMILES string of the molecule is NC(=O)CC1COCCN1C(=O)c1cc(C2CCCCC2)[nH]n1. The number of hydrogen-bond donors (Lipinski definition) is 2. The minimum atomic E-state index is -0.428. The fraction of sp³-hybridized carbons (Fsp3) is 0.688. The molecule has 1 atom stereocenters. The summed E-state index contributed by atoms with van der Waals surface area (Å²) in [4.78, 5) is 25.6. The van der Waals surface area contributed by atoms with E-state index in [-0.39, 0.29) is 18.4 Å². The molecule has 2 aliphatic rings. The third-order valence-electron chi connectivity index (χ3n) is 4.79. The second kappa shape index (κ2) is 7.12. The molecule has 1 aliphatic carbocycles. The molecule has 3 rings (SSSR count). The Kier molecular flexibility index (Phi) is 4.95. The summed E-state index contributed by atoms with van der Waals surface area (Å²) in [5.74, 6) is -0.106. The molecule has 23 heavy (non-hydrogen) atoms. The van der Waals surface area contributed by atoms with Crippen molar-refractivity contribution in [1.29, 1.82) is 0 Å². The molecule has 0 aromatic carbocycles. The van der Waals surface area contributed by atoms with Gasteiger partial charge in [-0.3, -0.25) is 14.7 Å². The van der Waals surface area contributed by atoms with Crippen LogP contribution in [-0.4, -0.2) is 52.7 Å². The van der Waals surface area contributed by atoms with Crippen LogP contribution < -0.4 is 5.73 Å². The Labute approximate surface area is 135 Å². The number of rotatable bonds is 4. The standard InChI is InChI=1S/C16H24N4O3/c17-15(21)8-12-10-23-7-6-20(12)16(22)14-9-13(18-19-14)11-4-2-1-3-5-11/h9,11-12H,1-8,10H2,(H2,17,21)(H,18,19).